The SMILES string of the molecule is CC(C)OC(=O)CC1CCN(Cc2cccc(Cl)c2)CC1. The van der Waals surface area contributed by atoms with Gasteiger partial charge in [-0.05, 0) is 63.4 Å². The number of carbonyl (C=O) groups excluding carboxylic acids is 1. The van der Waals surface area contributed by atoms with Crippen LogP contribution in [0.5, 0.6) is 0 Å². The molecule has 1 saturated heterocycles. The molecule has 0 amide bonds. The van der Waals surface area contributed by atoms with E-state index >= 15 is 0 Å². The zero-order valence-electron chi connectivity index (χ0n) is 12.8. The maximum absolute atomic E-state index is 11.7. The van der Waals surface area contributed by atoms with Crippen LogP contribution in [0.2, 0.25) is 5.02 Å². The van der Waals surface area contributed by atoms with E-state index in [9.17, 15) is 4.79 Å². The summed E-state index contributed by atoms with van der Waals surface area (Å²) >= 11 is 6.01. The summed E-state index contributed by atoms with van der Waals surface area (Å²) in [6, 6.07) is 8.02. The number of carbonyl (C=O) groups is 1. The van der Waals surface area contributed by atoms with Crippen molar-refractivity contribution in [3.05, 3.63) is 34.9 Å². The molecule has 1 aliphatic heterocycles. The molecule has 2 rings (SSSR count). The van der Waals surface area contributed by atoms with Crippen molar-refractivity contribution >= 4 is 17.6 Å². The lowest BCUT2D eigenvalue weighted by Gasteiger charge is -2.31. The van der Waals surface area contributed by atoms with Gasteiger partial charge in [-0.1, -0.05) is 23.7 Å². The maximum Gasteiger partial charge on any atom is 0.306 e. The molecule has 1 aliphatic rings. The first-order valence-corrected chi connectivity index (χ1v) is 8.07. The van der Waals surface area contributed by atoms with Crippen molar-refractivity contribution < 1.29 is 9.53 Å². The Labute approximate surface area is 132 Å². The van der Waals surface area contributed by atoms with Gasteiger partial charge in [0, 0.05) is 18.0 Å². The fourth-order valence-electron chi connectivity index (χ4n) is 2.79. The van der Waals surface area contributed by atoms with E-state index < -0.39 is 0 Å². The Morgan fingerprint density at radius 2 is 2.10 bits per heavy atom. The second kappa shape index (κ2) is 7.81. The molecule has 1 heterocycles. The number of esters is 1. The quantitative estimate of drug-likeness (QED) is 0.773. The Hall–Kier alpha value is -1.06. The molecule has 1 aromatic rings. The van der Waals surface area contributed by atoms with Crippen LogP contribution in [-0.4, -0.2) is 30.1 Å². The van der Waals surface area contributed by atoms with E-state index in [1.807, 2.05) is 32.0 Å². The van der Waals surface area contributed by atoms with Gasteiger partial charge in [0.15, 0.2) is 0 Å². The van der Waals surface area contributed by atoms with E-state index in [1.54, 1.807) is 0 Å². The van der Waals surface area contributed by atoms with Crippen LogP contribution in [-0.2, 0) is 16.1 Å². The normalized spacial score (nSPS) is 17.1. The van der Waals surface area contributed by atoms with Crippen molar-refractivity contribution in [3.8, 4) is 0 Å². The van der Waals surface area contributed by atoms with E-state index in [2.05, 4.69) is 11.0 Å². The number of likely N-dealkylation sites (tertiary alicyclic amines) is 1. The van der Waals surface area contributed by atoms with Gasteiger partial charge in [-0.3, -0.25) is 9.69 Å². The summed E-state index contributed by atoms with van der Waals surface area (Å²) in [6.07, 6.45) is 2.67. The first-order valence-electron chi connectivity index (χ1n) is 7.69. The van der Waals surface area contributed by atoms with Gasteiger partial charge >= 0.3 is 5.97 Å². The highest BCUT2D eigenvalue weighted by molar-refractivity contribution is 6.30. The van der Waals surface area contributed by atoms with Crippen molar-refractivity contribution in [2.75, 3.05) is 13.1 Å². The van der Waals surface area contributed by atoms with Gasteiger partial charge in [-0.25, -0.2) is 0 Å². The summed E-state index contributed by atoms with van der Waals surface area (Å²) in [6.45, 7) is 6.79. The molecule has 116 valence electrons. The van der Waals surface area contributed by atoms with Crippen LogP contribution in [0.15, 0.2) is 24.3 Å². The van der Waals surface area contributed by atoms with Crippen molar-refractivity contribution in [1.29, 1.82) is 0 Å². The summed E-state index contributed by atoms with van der Waals surface area (Å²) in [7, 11) is 0. The van der Waals surface area contributed by atoms with Crippen molar-refractivity contribution in [1.82, 2.24) is 4.90 Å². The van der Waals surface area contributed by atoms with Crippen molar-refractivity contribution in [2.24, 2.45) is 5.92 Å². The fourth-order valence-corrected chi connectivity index (χ4v) is 3.00. The first kappa shape index (κ1) is 16.3. The number of ether oxygens (including phenoxy) is 1. The largest absolute Gasteiger partial charge is 0.463 e. The van der Waals surface area contributed by atoms with E-state index in [-0.39, 0.29) is 12.1 Å². The Morgan fingerprint density at radius 3 is 2.71 bits per heavy atom. The number of rotatable bonds is 5. The predicted octanol–water partition coefficient (Wildman–Crippen LogP) is 3.89. The average molecular weight is 310 g/mol. The van der Waals surface area contributed by atoms with Crippen molar-refractivity contribution in [3.63, 3.8) is 0 Å². The minimum Gasteiger partial charge on any atom is -0.463 e. The predicted molar refractivity (Wildman–Crippen MR) is 85.3 cm³/mol. The highest BCUT2D eigenvalue weighted by atomic mass is 35.5. The van der Waals surface area contributed by atoms with Crippen LogP contribution in [0, 0.1) is 5.92 Å². The van der Waals surface area contributed by atoms with Gasteiger partial charge in [0.1, 0.15) is 0 Å². The highest BCUT2D eigenvalue weighted by Crippen LogP contribution is 2.23. The minimum absolute atomic E-state index is 0.0135. The summed E-state index contributed by atoms with van der Waals surface area (Å²) in [4.78, 5) is 14.1. The van der Waals surface area contributed by atoms with E-state index in [1.165, 1.54) is 5.56 Å². The highest BCUT2D eigenvalue weighted by Gasteiger charge is 2.22. The molecule has 0 N–H and O–H groups in total. The average Bonchev–Trinajstić information content (AvgIpc) is 2.40. The van der Waals surface area contributed by atoms with Gasteiger partial charge in [0.2, 0.25) is 0 Å². The van der Waals surface area contributed by atoms with Gasteiger partial charge in [-0.2, -0.15) is 0 Å². The molecule has 0 aromatic heterocycles. The molecule has 0 unspecified atom stereocenters. The molecule has 0 atom stereocenters. The molecule has 21 heavy (non-hydrogen) atoms. The molecule has 4 heteroatoms. The summed E-state index contributed by atoms with van der Waals surface area (Å²) in [5.74, 6) is 0.408. The molecule has 0 spiro atoms. The van der Waals surface area contributed by atoms with E-state index in [0.717, 1.165) is 37.5 Å². The Bertz CT molecular complexity index is 468. The van der Waals surface area contributed by atoms with E-state index in [4.69, 9.17) is 16.3 Å². The summed E-state index contributed by atoms with van der Waals surface area (Å²) in [5.41, 5.74) is 1.25. The van der Waals surface area contributed by atoms with Crippen LogP contribution >= 0.6 is 11.6 Å². The molecule has 1 aromatic carbocycles. The molecular formula is C17H24ClNO2. The lowest BCUT2D eigenvalue weighted by Crippen LogP contribution is -2.34. The van der Waals surface area contributed by atoms with Gasteiger partial charge < -0.3 is 4.74 Å². The van der Waals surface area contributed by atoms with Gasteiger partial charge in [0.05, 0.1) is 6.10 Å². The summed E-state index contributed by atoms with van der Waals surface area (Å²) < 4.78 is 5.22. The number of halogens is 1. The fraction of sp³-hybridized carbons (Fsp3) is 0.588. The Morgan fingerprint density at radius 1 is 1.38 bits per heavy atom. The first-order chi connectivity index (χ1) is 10.0. The van der Waals surface area contributed by atoms with E-state index in [0.29, 0.717) is 12.3 Å². The maximum atomic E-state index is 11.7. The second-order valence-corrected chi connectivity index (χ2v) is 6.53. The third kappa shape index (κ3) is 5.68. The molecule has 0 radical (unpaired) electrons. The topological polar surface area (TPSA) is 29.5 Å². The van der Waals surface area contributed by atoms with Crippen molar-refractivity contribution in [2.45, 2.75) is 45.8 Å². The molecule has 0 aliphatic carbocycles. The number of benzene rings is 1. The lowest BCUT2D eigenvalue weighted by atomic mass is 9.93. The van der Waals surface area contributed by atoms with Gasteiger partial charge in [-0.15, -0.1) is 0 Å². The number of nitrogens with zero attached hydrogens (tertiary/aromatic N) is 1. The molecule has 1 fully saturated rings. The molecule has 0 bridgehead atoms. The van der Waals surface area contributed by atoms with Crippen LogP contribution in [0.1, 0.15) is 38.7 Å². The van der Waals surface area contributed by atoms with Gasteiger partial charge in [0.25, 0.3) is 0 Å². The van der Waals surface area contributed by atoms with Crippen LogP contribution in [0.4, 0.5) is 0 Å². The standard InChI is InChI=1S/C17H24ClNO2/c1-13(2)21-17(20)11-14-6-8-19(9-7-14)12-15-4-3-5-16(18)10-15/h3-5,10,13-14H,6-9,11-12H2,1-2H3. The number of hydrogen-bond acceptors (Lipinski definition) is 3. The smallest absolute Gasteiger partial charge is 0.306 e. The third-order valence-corrected chi connectivity index (χ3v) is 4.06. The molecule has 0 saturated carbocycles. The monoisotopic (exact) mass is 309 g/mol. The number of piperidine rings is 1. The van der Waals surface area contributed by atoms with Crippen LogP contribution in [0.3, 0.4) is 0 Å². The lowest BCUT2D eigenvalue weighted by molar-refractivity contribution is -0.148. The summed E-state index contributed by atoms with van der Waals surface area (Å²) in [5, 5.41) is 0.791. The van der Waals surface area contributed by atoms with Crippen LogP contribution in [0.25, 0.3) is 0 Å². The van der Waals surface area contributed by atoms with Crippen LogP contribution < -0.4 is 0 Å². The third-order valence-electron chi connectivity index (χ3n) is 3.82. The zero-order valence-corrected chi connectivity index (χ0v) is 13.6. The zero-order chi connectivity index (χ0) is 15.2. The second-order valence-electron chi connectivity index (χ2n) is 6.09. The molecular weight excluding hydrogens is 286 g/mol. The number of hydrogen-bond donors (Lipinski definition) is 0. The minimum atomic E-state index is -0.0571. The molecule has 3 nitrogen and oxygen atoms in total. The Balaban J connectivity index is 1.74. The Kier molecular flexibility index (Phi) is 6.07.